The molecular formula is C14H33NSn+. The van der Waals surface area contributed by atoms with E-state index in [0.717, 1.165) is 0 Å². The molecule has 0 fully saturated rings. The first kappa shape index (κ1) is 16.8. The van der Waals surface area contributed by atoms with Crippen LogP contribution in [0.4, 0.5) is 0 Å². The van der Waals surface area contributed by atoms with E-state index >= 15 is 0 Å². The summed E-state index contributed by atoms with van der Waals surface area (Å²) in [5, 5.41) is 0. The summed E-state index contributed by atoms with van der Waals surface area (Å²) in [6.45, 7) is 7.02. The van der Waals surface area contributed by atoms with Gasteiger partial charge in [0.25, 0.3) is 0 Å². The van der Waals surface area contributed by atoms with Crippen LogP contribution in [0.15, 0.2) is 0 Å². The molecule has 1 nitrogen and oxygen atoms in total. The molecule has 0 aliphatic carbocycles. The van der Waals surface area contributed by atoms with Gasteiger partial charge in [-0.15, -0.1) is 0 Å². The van der Waals surface area contributed by atoms with Gasteiger partial charge < -0.3 is 0 Å². The van der Waals surface area contributed by atoms with Gasteiger partial charge in [-0.2, -0.15) is 0 Å². The van der Waals surface area contributed by atoms with Crippen LogP contribution >= 0.6 is 0 Å². The van der Waals surface area contributed by atoms with Gasteiger partial charge in [-0.1, -0.05) is 0 Å². The second-order valence-electron chi connectivity index (χ2n) is 5.43. The molecular weight excluding hydrogens is 301 g/mol. The van der Waals surface area contributed by atoms with Gasteiger partial charge in [-0.3, -0.25) is 0 Å². The Labute approximate surface area is 108 Å². The van der Waals surface area contributed by atoms with Crippen molar-refractivity contribution in [3.05, 3.63) is 0 Å². The molecule has 2 heteroatoms. The average Bonchev–Trinajstić information content (AvgIpc) is 2.28. The predicted octanol–water partition coefficient (Wildman–Crippen LogP) is 4.73. The maximum atomic E-state index is 2.72. The van der Waals surface area contributed by atoms with Crippen LogP contribution in [0.5, 0.6) is 0 Å². The fraction of sp³-hybridized carbons (Fsp3) is 1.00. The van der Waals surface area contributed by atoms with E-state index in [1.807, 2.05) is 0 Å². The topological polar surface area (TPSA) is 5.90 Å². The summed E-state index contributed by atoms with van der Waals surface area (Å²) in [6, 6.07) is 0. The molecule has 0 unspecified atom stereocenters. The first-order chi connectivity index (χ1) is 7.63. The minimum atomic E-state index is -1.92. The molecule has 16 heavy (non-hydrogen) atoms. The monoisotopic (exact) mass is 335 g/mol. The Balaban J connectivity index is 4.46. The standard InChI is InChI=1S/3C4H9.C2H6N.Sn/c3*1-3-4-2;1-3-2;/h3*1,3-4H2,2H3;1-2H3;/q;;;-1;+2. The molecule has 0 aliphatic rings. The van der Waals surface area contributed by atoms with Crippen molar-refractivity contribution in [2.75, 3.05) is 14.1 Å². The Morgan fingerprint density at radius 2 is 1.00 bits per heavy atom. The fourth-order valence-corrected chi connectivity index (χ4v) is 17.2. The van der Waals surface area contributed by atoms with E-state index in [0.29, 0.717) is 0 Å². The number of hydrogen-bond donors (Lipinski definition) is 0. The third-order valence-electron chi connectivity index (χ3n) is 3.94. The Hall–Kier alpha value is 0.759. The first-order valence-corrected chi connectivity index (χ1v) is 14.6. The van der Waals surface area contributed by atoms with Crippen molar-refractivity contribution in [2.24, 2.45) is 0 Å². The van der Waals surface area contributed by atoms with E-state index in [-0.39, 0.29) is 0 Å². The van der Waals surface area contributed by atoms with Gasteiger partial charge in [0.15, 0.2) is 0 Å². The Kier molecular flexibility index (Phi) is 10.2. The van der Waals surface area contributed by atoms with Crippen molar-refractivity contribution >= 4 is 18.7 Å². The molecule has 0 saturated heterocycles. The van der Waals surface area contributed by atoms with Crippen LogP contribution in [0.2, 0.25) is 13.3 Å². The summed E-state index contributed by atoms with van der Waals surface area (Å²) in [4.78, 5) is 0. The molecule has 0 atom stereocenters. The molecule has 0 amide bonds. The molecule has 1 radical (unpaired) electrons. The zero-order valence-corrected chi connectivity index (χ0v) is 15.2. The quantitative estimate of drug-likeness (QED) is 0.510. The van der Waals surface area contributed by atoms with Crippen molar-refractivity contribution in [1.29, 1.82) is 0 Å². The molecule has 0 aromatic rings. The number of nitrogens with zero attached hydrogens (tertiary/aromatic N) is 1. The fourth-order valence-electron chi connectivity index (χ4n) is 2.56. The second kappa shape index (κ2) is 9.75. The SMILES string of the molecule is CCC[CH2][Sn]([CH2]CCC)([CH2]CCC)[N+](C)C. The van der Waals surface area contributed by atoms with Crippen molar-refractivity contribution in [3.63, 3.8) is 0 Å². The van der Waals surface area contributed by atoms with Crippen LogP contribution in [0.25, 0.3) is 0 Å². The van der Waals surface area contributed by atoms with E-state index < -0.39 is 18.7 Å². The molecule has 97 valence electrons. The second-order valence-corrected chi connectivity index (χ2v) is 19.3. The normalized spacial score (nSPS) is 12.4. The third-order valence-corrected chi connectivity index (χ3v) is 20.3. The number of hydrogen-bond acceptors (Lipinski definition) is 1. The summed E-state index contributed by atoms with van der Waals surface area (Å²) in [6.07, 6.45) is 8.56. The summed E-state index contributed by atoms with van der Waals surface area (Å²) in [7, 11) is 4.74. The van der Waals surface area contributed by atoms with E-state index in [1.54, 1.807) is 13.3 Å². The van der Waals surface area contributed by atoms with Crippen LogP contribution in [-0.4, -0.2) is 32.7 Å². The Bertz CT molecular complexity index is 135. The first-order valence-electron chi connectivity index (χ1n) is 7.30. The summed E-state index contributed by atoms with van der Waals surface area (Å²) < 4.78 is 7.50. The molecule has 0 rings (SSSR count). The van der Waals surface area contributed by atoms with Crippen LogP contribution in [0.1, 0.15) is 59.3 Å². The van der Waals surface area contributed by atoms with Crippen molar-refractivity contribution in [2.45, 2.75) is 72.6 Å². The minimum absolute atomic E-state index is 1.38. The van der Waals surface area contributed by atoms with E-state index in [2.05, 4.69) is 38.0 Å². The molecule has 0 bridgehead atoms. The molecule has 0 aromatic heterocycles. The van der Waals surface area contributed by atoms with Crippen LogP contribution in [0.3, 0.4) is 0 Å². The molecule has 0 saturated carbocycles. The van der Waals surface area contributed by atoms with Crippen LogP contribution in [-0.2, 0) is 0 Å². The Morgan fingerprint density at radius 3 is 1.19 bits per heavy atom. The van der Waals surface area contributed by atoms with Gasteiger partial charge >= 0.3 is 108 Å². The van der Waals surface area contributed by atoms with E-state index in [9.17, 15) is 0 Å². The molecule has 0 N–H and O–H groups in total. The summed E-state index contributed by atoms with van der Waals surface area (Å²) in [5.74, 6) is 0. The van der Waals surface area contributed by atoms with Crippen LogP contribution < -0.4 is 3.12 Å². The van der Waals surface area contributed by atoms with Gasteiger partial charge in [0.1, 0.15) is 0 Å². The molecule has 0 aliphatic heterocycles. The molecule has 0 spiro atoms. The third kappa shape index (κ3) is 5.90. The van der Waals surface area contributed by atoms with E-state index in [1.165, 1.54) is 38.5 Å². The zero-order chi connectivity index (χ0) is 12.4. The van der Waals surface area contributed by atoms with E-state index in [4.69, 9.17) is 0 Å². The van der Waals surface area contributed by atoms with Gasteiger partial charge in [0.05, 0.1) is 0 Å². The van der Waals surface area contributed by atoms with Gasteiger partial charge in [-0.25, -0.2) is 0 Å². The summed E-state index contributed by atoms with van der Waals surface area (Å²) >= 11 is -1.92. The van der Waals surface area contributed by atoms with Gasteiger partial charge in [0, 0.05) is 0 Å². The zero-order valence-electron chi connectivity index (χ0n) is 12.3. The molecule has 0 heterocycles. The van der Waals surface area contributed by atoms with Crippen molar-refractivity contribution in [3.8, 4) is 0 Å². The maximum absolute atomic E-state index is 2.72. The van der Waals surface area contributed by atoms with Gasteiger partial charge in [-0.05, 0) is 0 Å². The average molecular weight is 334 g/mol. The van der Waals surface area contributed by atoms with Crippen molar-refractivity contribution < 1.29 is 0 Å². The Morgan fingerprint density at radius 1 is 0.688 bits per heavy atom. The summed E-state index contributed by atoms with van der Waals surface area (Å²) in [5.41, 5.74) is 0. The number of unbranched alkanes of at least 4 members (excludes halogenated alkanes) is 3. The van der Waals surface area contributed by atoms with Crippen LogP contribution in [0, 0.1) is 0 Å². The van der Waals surface area contributed by atoms with Gasteiger partial charge in [0.2, 0.25) is 0 Å². The number of rotatable bonds is 10. The van der Waals surface area contributed by atoms with Crippen molar-refractivity contribution in [1.82, 2.24) is 3.12 Å². The predicted molar refractivity (Wildman–Crippen MR) is 78.9 cm³/mol. The molecule has 0 aromatic carbocycles.